The Morgan fingerprint density at radius 2 is 1.91 bits per heavy atom. The lowest BCUT2D eigenvalue weighted by molar-refractivity contribution is 0.232. The summed E-state index contributed by atoms with van der Waals surface area (Å²) in [6.45, 7) is 5.02. The monoisotopic (exact) mass is 183 g/mol. The van der Waals surface area contributed by atoms with Crippen molar-refractivity contribution in [1.29, 1.82) is 0 Å². The van der Waals surface area contributed by atoms with Gasteiger partial charge in [-0.05, 0) is 20.8 Å². The molecule has 0 aliphatic rings. The molecule has 11 heavy (non-hydrogen) atoms. The van der Waals surface area contributed by atoms with E-state index >= 15 is 0 Å². The minimum Gasteiger partial charge on any atom is -0.234 e. The number of hydrogen-bond acceptors (Lipinski definition) is 1. The van der Waals surface area contributed by atoms with Crippen LogP contribution in [0.3, 0.4) is 0 Å². The first kappa shape index (κ1) is 10.7. The predicted octanol–water partition coefficient (Wildman–Crippen LogP) is 1.78. The molecule has 0 aliphatic heterocycles. The molecule has 1 unspecified atom stereocenters. The normalized spacial score (nSPS) is 16.2. The fraction of sp³-hybridized carbons (Fsp3) is 0.833. The van der Waals surface area contributed by atoms with E-state index in [9.17, 15) is 13.0 Å². The standard InChI is InChI=1S/C6H11F2NOS/c1-6(2,3)11(10)9-4-5(7)8/h4-5H,1-3H3. The van der Waals surface area contributed by atoms with Gasteiger partial charge in [-0.2, -0.15) is 4.40 Å². The van der Waals surface area contributed by atoms with Gasteiger partial charge in [0.1, 0.15) is 11.0 Å². The van der Waals surface area contributed by atoms with Gasteiger partial charge in [0, 0.05) is 0 Å². The van der Waals surface area contributed by atoms with Crippen molar-refractivity contribution in [3.8, 4) is 0 Å². The summed E-state index contributed by atoms with van der Waals surface area (Å²) >= 11 is 0. The van der Waals surface area contributed by atoms with Crippen LogP contribution in [0.25, 0.3) is 0 Å². The summed E-state index contributed by atoms with van der Waals surface area (Å²) in [7, 11) is -1.57. The van der Waals surface area contributed by atoms with E-state index in [1.54, 1.807) is 20.8 Å². The summed E-state index contributed by atoms with van der Waals surface area (Å²) in [4.78, 5) is 0. The lowest BCUT2D eigenvalue weighted by Crippen LogP contribution is -2.20. The first-order valence-electron chi connectivity index (χ1n) is 3.08. The molecule has 0 saturated heterocycles. The Balaban J connectivity index is 4.09. The Morgan fingerprint density at radius 1 is 1.45 bits per heavy atom. The van der Waals surface area contributed by atoms with Crippen LogP contribution in [-0.4, -0.2) is 21.6 Å². The largest absolute Gasteiger partial charge is 0.274 e. The zero-order chi connectivity index (χ0) is 9.07. The van der Waals surface area contributed by atoms with Crippen LogP contribution >= 0.6 is 0 Å². The Morgan fingerprint density at radius 3 is 2.18 bits per heavy atom. The van der Waals surface area contributed by atoms with Gasteiger partial charge in [0.05, 0.1) is 11.0 Å². The van der Waals surface area contributed by atoms with Crippen LogP contribution < -0.4 is 0 Å². The van der Waals surface area contributed by atoms with E-state index < -0.39 is 22.2 Å². The molecule has 66 valence electrons. The van der Waals surface area contributed by atoms with E-state index in [-0.39, 0.29) is 0 Å². The molecule has 0 aromatic rings. The van der Waals surface area contributed by atoms with Gasteiger partial charge in [0.2, 0.25) is 0 Å². The fourth-order valence-corrected chi connectivity index (χ4v) is 0.778. The highest BCUT2D eigenvalue weighted by atomic mass is 32.2. The predicted molar refractivity (Wildman–Crippen MR) is 42.4 cm³/mol. The third-order valence-corrected chi connectivity index (χ3v) is 2.15. The van der Waals surface area contributed by atoms with Gasteiger partial charge in [0.15, 0.2) is 0 Å². The van der Waals surface area contributed by atoms with Crippen LogP contribution in [0.5, 0.6) is 0 Å². The number of hydrogen-bond donors (Lipinski definition) is 0. The van der Waals surface area contributed by atoms with Gasteiger partial charge in [-0.25, -0.2) is 13.0 Å². The molecular formula is C6H11F2NOS. The number of alkyl halides is 2. The number of halogens is 2. The molecule has 0 rings (SSSR count). The second-order valence-electron chi connectivity index (χ2n) is 2.95. The van der Waals surface area contributed by atoms with Crippen molar-refractivity contribution < 1.29 is 13.0 Å². The Labute approximate surface area is 67.3 Å². The maximum Gasteiger partial charge on any atom is 0.274 e. The maximum atomic E-state index is 11.5. The Bertz CT molecular complexity index is 174. The molecular weight excluding hydrogens is 172 g/mol. The number of nitrogens with zero attached hydrogens (tertiary/aromatic N) is 1. The van der Waals surface area contributed by atoms with E-state index in [2.05, 4.69) is 4.40 Å². The highest BCUT2D eigenvalue weighted by molar-refractivity contribution is 7.85. The van der Waals surface area contributed by atoms with Gasteiger partial charge in [-0.15, -0.1) is 0 Å². The second kappa shape index (κ2) is 3.90. The van der Waals surface area contributed by atoms with E-state index in [0.29, 0.717) is 6.21 Å². The van der Waals surface area contributed by atoms with Crippen molar-refractivity contribution in [3.05, 3.63) is 0 Å². The first-order chi connectivity index (χ1) is 4.84. The molecule has 2 nitrogen and oxygen atoms in total. The minimum absolute atomic E-state index is 0.404. The summed E-state index contributed by atoms with van der Waals surface area (Å²) in [5.74, 6) is 0. The lowest BCUT2D eigenvalue weighted by Gasteiger charge is -2.12. The van der Waals surface area contributed by atoms with Crippen LogP contribution in [0.1, 0.15) is 20.8 Å². The molecule has 1 atom stereocenters. The SMILES string of the molecule is CC(C)(C)S(=O)N=CC(F)F. The van der Waals surface area contributed by atoms with Crippen LogP contribution in [0.4, 0.5) is 8.78 Å². The molecule has 0 aromatic heterocycles. The van der Waals surface area contributed by atoms with E-state index in [0.717, 1.165) is 0 Å². The van der Waals surface area contributed by atoms with E-state index in [4.69, 9.17) is 0 Å². The van der Waals surface area contributed by atoms with Crippen molar-refractivity contribution in [2.45, 2.75) is 31.9 Å². The van der Waals surface area contributed by atoms with Gasteiger partial charge in [-0.3, -0.25) is 0 Å². The molecule has 0 bridgehead atoms. The number of rotatable bonds is 2. The van der Waals surface area contributed by atoms with Crippen molar-refractivity contribution in [2.24, 2.45) is 4.40 Å². The molecule has 0 fully saturated rings. The molecule has 0 aromatic carbocycles. The van der Waals surface area contributed by atoms with Crippen LogP contribution in [0, 0.1) is 0 Å². The molecule has 0 aliphatic carbocycles. The zero-order valence-electron chi connectivity index (χ0n) is 6.67. The molecule has 0 saturated carbocycles. The van der Waals surface area contributed by atoms with Crippen molar-refractivity contribution in [1.82, 2.24) is 0 Å². The summed E-state index contributed by atoms with van der Waals surface area (Å²) < 4.78 is 36.6. The first-order valence-corrected chi connectivity index (χ1v) is 4.19. The van der Waals surface area contributed by atoms with E-state index in [1.807, 2.05) is 0 Å². The van der Waals surface area contributed by atoms with Gasteiger partial charge >= 0.3 is 0 Å². The van der Waals surface area contributed by atoms with Crippen LogP contribution in [0.2, 0.25) is 0 Å². The molecule has 0 N–H and O–H groups in total. The molecule has 0 heterocycles. The smallest absolute Gasteiger partial charge is 0.234 e. The highest BCUT2D eigenvalue weighted by Gasteiger charge is 2.18. The van der Waals surface area contributed by atoms with E-state index in [1.165, 1.54) is 0 Å². The van der Waals surface area contributed by atoms with Crippen molar-refractivity contribution in [2.75, 3.05) is 0 Å². The molecule has 0 radical (unpaired) electrons. The summed E-state index contributed by atoms with van der Waals surface area (Å²) in [6.07, 6.45) is -2.22. The topological polar surface area (TPSA) is 29.4 Å². The quantitative estimate of drug-likeness (QED) is 0.600. The summed E-state index contributed by atoms with van der Waals surface area (Å²) in [5, 5.41) is 0. The average molecular weight is 183 g/mol. The van der Waals surface area contributed by atoms with Gasteiger partial charge in [0.25, 0.3) is 6.43 Å². The third-order valence-electron chi connectivity index (χ3n) is 0.793. The third kappa shape index (κ3) is 5.01. The van der Waals surface area contributed by atoms with Crippen LogP contribution in [-0.2, 0) is 11.0 Å². The Hall–Kier alpha value is -0.320. The molecule has 5 heteroatoms. The molecule has 0 spiro atoms. The Kier molecular flexibility index (Phi) is 3.78. The maximum absolute atomic E-state index is 11.5. The van der Waals surface area contributed by atoms with Crippen molar-refractivity contribution in [3.63, 3.8) is 0 Å². The van der Waals surface area contributed by atoms with Gasteiger partial charge < -0.3 is 0 Å². The minimum atomic E-state index is -2.62. The summed E-state index contributed by atoms with van der Waals surface area (Å²) in [5.41, 5.74) is 0. The summed E-state index contributed by atoms with van der Waals surface area (Å²) in [6, 6.07) is 0. The average Bonchev–Trinajstić information content (AvgIpc) is 1.80. The molecule has 0 amide bonds. The highest BCUT2D eigenvalue weighted by Crippen LogP contribution is 2.11. The zero-order valence-corrected chi connectivity index (χ0v) is 7.49. The second-order valence-corrected chi connectivity index (χ2v) is 4.88. The lowest BCUT2D eigenvalue weighted by atomic mass is 10.3. The van der Waals surface area contributed by atoms with Gasteiger partial charge in [-0.1, -0.05) is 0 Å². The van der Waals surface area contributed by atoms with Crippen molar-refractivity contribution >= 4 is 17.2 Å². The fourth-order valence-electron chi connectivity index (χ4n) is 0.259. The van der Waals surface area contributed by atoms with Crippen LogP contribution in [0.15, 0.2) is 4.40 Å².